The smallest absolute Gasteiger partial charge is 0.304 e. The van der Waals surface area contributed by atoms with Crippen LogP contribution in [0.2, 0.25) is 0 Å². The summed E-state index contributed by atoms with van der Waals surface area (Å²) in [6, 6.07) is 5.02. The highest BCUT2D eigenvalue weighted by atomic mass is 19.1. The molecule has 0 spiro atoms. The molecule has 1 N–H and O–H groups in total. The number of carbonyl (C=O) groups excluding carboxylic acids is 1. The first kappa shape index (κ1) is 15.9. The summed E-state index contributed by atoms with van der Waals surface area (Å²) in [5.74, 6) is -3.19. The van der Waals surface area contributed by atoms with Crippen molar-refractivity contribution in [2.24, 2.45) is 0 Å². The van der Waals surface area contributed by atoms with Gasteiger partial charge in [0.05, 0.1) is 21.6 Å². The van der Waals surface area contributed by atoms with Crippen LogP contribution in [0.4, 0.5) is 25.8 Å². The summed E-state index contributed by atoms with van der Waals surface area (Å²) in [6.07, 6.45) is 0. The monoisotopic (exact) mass is 323 g/mol. The molecule has 1 amide bonds. The van der Waals surface area contributed by atoms with Crippen molar-refractivity contribution >= 4 is 23.0 Å². The number of benzene rings is 2. The first-order chi connectivity index (χ1) is 10.8. The first-order valence-electron chi connectivity index (χ1n) is 5.99. The summed E-state index contributed by atoms with van der Waals surface area (Å²) in [5, 5.41) is 23.1. The molecular weight excluding hydrogens is 316 g/mol. The predicted octanol–water partition coefficient (Wildman–Crippen LogP) is 3.03. The van der Waals surface area contributed by atoms with Gasteiger partial charge in [0, 0.05) is 17.7 Å². The van der Waals surface area contributed by atoms with Gasteiger partial charge in [0.15, 0.2) is 5.82 Å². The highest BCUT2D eigenvalue weighted by Gasteiger charge is 2.18. The molecule has 0 aliphatic carbocycles. The van der Waals surface area contributed by atoms with Crippen LogP contribution in [0, 0.1) is 31.9 Å². The van der Waals surface area contributed by atoms with Gasteiger partial charge in [-0.2, -0.15) is 4.39 Å². The van der Waals surface area contributed by atoms with E-state index in [2.05, 4.69) is 5.32 Å². The number of hydrogen-bond acceptors (Lipinski definition) is 5. The average molecular weight is 323 g/mol. The first-order valence-corrected chi connectivity index (χ1v) is 5.99. The molecule has 0 bridgehead atoms. The van der Waals surface area contributed by atoms with Gasteiger partial charge < -0.3 is 5.32 Å². The molecule has 2 aromatic rings. The van der Waals surface area contributed by atoms with Crippen LogP contribution in [-0.2, 0) is 0 Å². The summed E-state index contributed by atoms with van der Waals surface area (Å²) in [5.41, 5.74) is -1.92. The van der Waals surface area contributed by atoms with Gasteiger partial charge in [0.2, 0.25) is 5.82 Å². The van der Waals surface area contributed by atoms with E-state index in [1.54, 1.807) is 0 Å². The Hall–Kier alpha value is -3.43. The Morgan fingerprint density at radius 3 is 2.17 bits per heavy atom. The number of anilines is 1. The number of halogens is 2. The number of nitro benzene ring substituents is 2. The summed E-state index contributed by atoms with van der Waals surface area (Å²) < 4.78 is 27.1. The standard InChI is InChI=1S/C13H7F2N3O5/c14-9-6-8(17(20)21)2-3-11(9)16-13(19)7-1-4-12(18(22)23)10(15)5-7/h1-6H,(H,16,19). The van der Waals surface area contributed by atoms with Gasteiger partial charge in [-0.25, -0.2) is 4.39 Å². The number of amides is 1. The highest BCUT2D eigenvalue weighted by Crippen LogP contribution is 2.22. The molecule has 0 unspecified atom stereocenters. The second-order valence-electron chi connectivity index (χ2n) is 4.30. The Labute approximate surface area is 126 Å². The van der Waals surface area contributed by atoms with Crippen LogP contribution >= 0.6 is 0 Å². The van der Waals surface area contributed by atoms with Gasteiger partial charge in [-0.15, -0.1) is 0 Å². The van der Waals surface area contributed by atoms with E-state index in [9.17, 15) is 33.8 Å². The molecule has 0 heterocycles. The third-order valence-electron chi connectivity index (χ3n) is 2.82. The summed E-state index contributed by atoms with van der Waals surface area (Å²) in [7, 11) is 0. The largest absolute Gasteiger partial charge is 0.319 e. The van der Waals surface area contributed by atoms with E-state index < -0.39 is 38.8 Å². The fourth-order valence-corrected chi connectivity index (χ4v) is 1.71. The van der Waals surface area contributed by atoms with Crippen LogP contribution < -0.4 is 5.32 Å². The van der Waals surface area contributed by atoms with E-state index in [4.69, 9.17) is 0 Å². The number of nitrogens with zero attached hydrogens (tertiary/aromatic N) is 2. The van der Waals surface area contributed by atoms with Gasteiger partial charge in [-0.1, -0.05) is 0 Å². The van der Waals surface area contributed by atoms with Crippen molar-refractivity contribution in [3.63, 3.8) is 0 Å². The quantitative estimate of drug-likeness (QED) is 0.686. The van der Waals surface area contributed by atoms with Crippen molar-refractivity contribution in [3.8, 4) is 0 Å². The molecular formula is C13H7F2N3O5. The lowest BCUT2D eigenvalue weighted by molar-refractivity contribution is -0.387. The molecule has 10 heteroatoms. The molecule has 2 aromatic carbocycles. The van der Waals surface area contributed by atoms with Gasteiger partial charge in [0.25, 0.3) is 11.6 Å². The zero-order valence-electron chi connectivity index (χ0n) is 11.2. The Morgan fingerprint density at radius 1 is 0.957 bits per heavy atom. The van der Waals surface area contributed by atoms with Gasteiger partial charge in [0.1, 0.15) is 0 Å². The fourth-order valence-electron chi connectivity index (χ4n) is 1.71. The van der Waals surface area contributed by atoms with E-state index in [1.165, 1.54) is 0 Å². The Kier molecular flexibility index (Phi) is 4.25. The van der Waals surface area contributed by atoms with E-state index in [1.807, 2.05) is 0 Å². The molecule has 118 valence electrons. The zero-order valence-corrected chi connectivity index (χ0v) is 11.2. The van der Waals surface area contributed by atoms with Crippen LogP contribution in [0.3, 0.4) is 0 Å². The lowest BCUT2D eigenvalue weighted by Crippen LogP contribution is -2.13. The maximum atomic E-state index is 13.7. The van der Waals surface area contributed by atoms with Crippen LogP contribution in [-0.4, -0.2) is 15.8 Å². The lowest BCUT2D eigenvalue weighted by Gasteiger charge is -2.06. The van der Waals surface area contributed by atoms with Crippen LogP contribution in [0.1, 0.15) is 10.4 Å². The highest BCUT2D eigenvalue weighted by molar-refractivity contribution is 6.04. The molecule has 0 radical (unpaired) electrons. The van der Waals surface area contributed by atoms with Crippen molar-refractivity contribution in [2.75, 3.05) is 5.32 Å². The van der Waals surface area contributed by atoms with Crippen molar-refractivity contribution in [3.05, 3.63) is 73.8 Å². The van der Waals surface area contributed by atoms with Crippen molar-refractivity contribution in [1.29, 1.82) is 0 Å². The zero-order chi connectivity index (χ0) is 17.1. The van der Waals surface area contributed by atoms with Crippen molar-refractivity contribution in [2.45, 2.75) is 0 Å². The number of hydrogen-bond donors (Lipinski definition) is 1. The minimum Gasteiger partial charge on any atom is -0.319 e. The minimum absolute atomic E-state index is 0.272. The maximum absolute atomic E-state index is 13.7. The van der Waals surface area contributed by atoms with Gasteiger partial charge >= 0.3 is 5.69 Å². The molecule has 2 rings (SSSR count). The van der Waals surface area contributed by atoms with Crippen LogP contribution in [0.25, 0.3) is 0 Å². The number of rotatable bonds is 4. The Morgan fingerprint density at radius 2 is 1.65 bits per heavy atom. The molecule has 0 aromatic heterocycles. The van der Waals surface area contributed by atoms with Gasteiger partial charge in [-0.05, 0) is 18.2 Å². The number of non-ortho nitro benzene ring substituents is 1. The van der Waals surface area contributed by atoms with E-state index in [-0.39, 0.29) is 11.3 Å². The molecule has 0 atom stereocenters. The molecule has 8 nitrogen and oxygen atoms in total. The van der Waals surface area contributed by atoms with E-state index in [0.29, 0.717) is 12.1 Å². The lowest BCUT2D eigenvalue weighted by atomic mass is 10.1. The SMILES string of the molecule is O=C(Nc1ccc([N+](=O)[O-])cc1F)c1ccc([N+](=O)[O-])c(F)c1. The molecule has 0 aliphatic heterocycles. The number of carbonyl (C=O) groups is 1. The summed E-state index contributed by atoms with van der Waals surface area (Å²) in [4.78, 5) is 31.1. The van der Waals surface area contributed by atoms with Crippen molar-refractivity contribution in [1.82, 2.24) is 0 Å². The Bertz CT molecular complexity index is 825. The average Bonchev–Trinajstić information content (AvgIpc) is 2.48. The molecule has 0 saturated heterocycles. The maximum Gasteiger partial charge on any atom is 0.304 e. The predicted molar refractivity (Wildman–Crippen MR) is 74.1 cm³/mol. The molecule has 0 fully saturated rings. The third-order valence-corrected chi connectivity index (χ3v) is 2.82. The van der Waals surface area contributed by atoms with E-state index in [0.717, 1.165) is 24.3 Å². The topological polar surface area (TPSA) is 115 Å². The molecule has 0 saturated carbocycles. The van der Waals surface area contributed by atoms with Gasteiger partial charge in [-0.3, -0.25) is 25.0 Å². The second-order valence-corrected chi connectivity index (χ2v) is 4.30. The Balaban J connectivity index is 2.24. The second kappa shape index (κ2) is 6.13. The number of nitrogens with one attached hydrogen (secondary N) is 1. The van der Waals surface area contributed by atoms with Crippen LogP contribution in [0.5, 0.6) is 0 Å². The number of nitro groups is 2. The molecule has 0 aliphatic rings. The summed E-state index contributed by atoms with van der Waals surface area (Å²) in [6.45, 7) is 0. The third kappa shape index (κ3) is 3.43. The van der Waals surface area contributed by atoms with Crippen molar-refractivity contribution < 1.29 is 23.4 Å². The van der Waals surface area contributed by atoms with E-state index >= 15 is 0 Å². The molecule has 23 heavy (non-hydrogen) atoms. The summed E-state index contributed by atoms with van der Waals surface area (Å²) >= 11 is 0. The normalized spacial score (nSPS) is 10.2. The fraction of sp³-hybridized carbons (Fsp3) is 0. The minimum atomic E-state index is -1.22. The van der Waals surface area contributed by atoms with Crippen LogP contribution in [0.15, 0.2) is 36.4 Å².